The van der Waals surface area contributed by atoms with Gasteiger partial charge in [-0.3, -0.25) is 0 Å². The largest absolute Gasteiger partial charge is 0.416 e. The van der Waals surface area contributed by atoms with Crippen LogP contribution < -0.4 is 0 Å². The first kappa shape index (κ1) is 11.5. The Morgan fingerprint density at radius 2 is 1.33 bits per heavy atom. The van der Waals surface area contributed by atoms with Gasteiger partial charge in [-0.2, -0.15) is 13.2 Å². The van der Waals surface area contributed by atoms with Crippen molar-refractivity contribution in [3.05, 3.63) is 59.7 Å². The van der Waals surface area contributed by atoms with Crippen LogP contribution in [0.5, 0.6) is 0 Å². The number of benzene rings is 1. The fourth-order valence-electron chi connectivity index (χ4n) is 2.73. The van der Waals surface area contributed by atoms with Gasteiger partial charge in [0.2, 0.25) is 0 Å². The monoisotopic (exact) mass is 252 g/mol. The van der Waals surface area contributed by atoms with E-state index < -0.39 is 17.3 Å². The summed E-state index contributed by atoms with van der Waals surface area (Å²) in [4.78, 5) is 0. The lowest BCUT2D eigenvalue weighted by Crippen LogP contribution is -2.32. The second kappa shape index (κ2) is 3.48. The molecule has 2 aliphatic carbocycles. The molecule has 1 N–H and O–H groups in total. The summed E-state index contributed by atoms with van der Waals surface area (Å²) in [6.45, 7) is 0. The first-order valence-corrected chi connectivity index (χ1v) is 5.69. The van der Waals surface area contributed by atoms with Crippen LogP contribution in [0.3, 0.4) is 0 Å². The van der Waals surface area contributed by atoms with E-state index in [2.05, 4.69) is 0 Å². The summed E-state index contributed by atoms with van der Waals surface area (Å²) in [5.74, 6) is -0.279. The fourth-order valence-corrected chi connectivity index (χ4v) is 2.73. The van der Waals surface area contributed by atoms with Gasteiger partial charge < -0.3 is 5.11 Å². The van der Waals surface area contributed by atoms with E-state index in [0.29, 0.717) is 5.56 Å². The van der Waals surface area contributed by atoms with Crippen LogP contribution in [-0.4, -0.2) is 5.11 Å². The standard InChI is InChI=1S/C14H11F3O/c15-14(16,17)12-7-5-11(6-8-12)13(18)9-1-2-10(13)4-3-9/h1-10,18H. The highest BCUT2D eigenvalue weighted by atomic mass is 19.4. The van der Waals surface area contributed by atoms with Gasteiger partial charge in [0.15, 0.2) is 0 Å². The van der Waals surface area contributed by atoms with Crippen LogP contribution in [0.15, 0.2) is 48.6 Å². The highest BCUT2D eigenvalue weighted by molar-refractivity contribution is 5.41. The molecule has 0 aromatic heterocycles. The van der Waals surface area contributed by atoms with Crippen molar-refractivity contribution in [2.75, 3.05) is 0 Å². The van der Waals surface area contributed by atoms with Gasteiger partial charge in [0.05, 0.1) is 5.56 Å². The zero-order chi connectivity index (χ0) is 13.0. The quantitative estimate of drug-likeness (QED) is 0.760. The van der Waals surface area contributed by atoms with Crippen molar-refractivity contribution in [1.29, 1.82) is 0 Å². The van der Waals surface area contributed by atoms with Crippen LogP contribution in [-0.2, 0) is 11.8 Å². The van der Waals surface area contributed by atoms with E-state index in [1.807, 2.05) is 24.3 Å². The number of aliphatic hydroxyl groups is 1. The molecule has 3 rings (SSSR count). The minimum atomic E-state index is -4.34. The van der Waals surface area contributed by atoms with Crippen LogP contribution in [0.25, 0.3) is 0 Å². The molecule has 0 saturated carbocycles. The maximum Gasteiger partial charge on any atom is 0.416 e. The van der Waals surface area contributed by atoms with E-state index >= 15 is 0 Å². The number of rotatable bonds is 1. The molecule has 0 amide bonds. The lowest BCUT2D eigenvalue weighted by atomic mass is 9.82. The van der Waals surface area contributed by atoms with Gasteiger partial charge in [-0.1, -0.05) is 36.4 Å². The Hall–Kier alpha value is -1.55. The van der Waals surface area contributed by atoms with Gasteiger partial charge in [0, 0.05) is 11.8 Å². The maximum absolute atomic E-state index is 12.5. The van der Waals surface area contributed by atoms with Gasteiger partial charge in [-0.25, -0.2) is 0 Å². The number of hydrogen-bond donors (Lipinski definition) is 1. The normalized spacial score (nSPS) is 33.3. The molecule has 0 heterocycles. The minimum absolute atomic E-state index is 0.140. The third-order valence-electron chi connectivity index (χ3n) is 3.74. The zero-order valence-electron chi connectivity index (χ0n) is 9.35. The number of halogens is 3. The summed E-state index contributed by atoms with van der Waals surface area (Å²) >= 11 is 0. The van der Waals surface area contributed by atoms with Crippen LogP contribution >= 0.6 is 0 Å². The fraction of sp³-hybridized carbons (Fsp3) is 0.286. The van der Waals surface area contributed by atoms with Gasteiger partial charge >= 0.3 is 6.18 Å². The smallest absolute Gasteiger partial charge is 0.383 e. The molecule has 94 valence electrons. The molecular weight excluding hydrogens is 241 g/mol. The molecule has 0 saturated heterocycles. The zero-order valence-corrected chi connectivity index (χ0v) is 9.35. The highest BCUT2D eigenvalue weighted by Gasteiger charge is 2.48. The van der Waals surface area contributed by atoms with E-state index in [1.54, 1.807) is 0 Å². The average molecular weight is 252 g/mol. The summed E-state index contributed by atoms with van der Waals surface area (Å²) in [7, 11) is 0. The molecule has 0 unspecified atom stereocenters. The molecule has 0 radical (unpaired) electrons. The molecule has 0 spiro atoms. The summed E-state index contributed by atoms with van der Waals surface area (Å²) in [6.07, 6.45) is 3.22. The predicted molar refractivity (Wildman–Crippen MR) is 60.6 cm³/mol. The van der Waals surface area contributed by atoms with Crippen molar-refractivity contribution in [3.8, 4) is 0 Å². The van der Waals surface area contributed by atoms with Crippen LogP contribution in [0.4, 0.5) is 13.2 Å². The molecule has 0 aliphatic heterocycles. The second-order valence-corrected chi connectivity index (χ2v) is 4.72. The van der Waals surface area contributed by atoms with Crippen molar-refractivity contribution in [1.82, 2.24) is 0 Å². The lowest BCUT2D eigenvalue weighted by Gasteiger charge is -2.29. The molecule has 2 bridgehead atoms. The SMILES string of the molecule is OC1(c2ccc(C(F)(F)F)cc2)C2C=CC1C=C2. The third kappa shape index (κ3) is 1.45. The molecule has 2 aliphatic rings. The second-order valence-electron chi connectivity index (χ2n) is 4.72. The number of fused-ring (bicyclic) bond motifs is 2. The Bertz CT molecular complexity index is 495. The number of alkyl halides is 3. The summed E-state index contributed by atoms with van der Waals surface area (Å²) < 4.78 is 37.4. The van der Waals surface area contributed by atoms with Crippen molar-refractivity contribution >= 4 is 0 Å². The first-order valence-electron chi connectivity index (χ1n) is 5.69. The van der Waals surface area contributed by atoms with Crippen LogP contribution in [0.1, 0.15) is 11.1 Å². The Kier molecular flexibility index (Phi) is 2.23. The molecule has 4 heteroatoms. The maximum atomic E-state index is 12.5. The van der Waals surface area contributed by atoms with Crippen molar-refractivity contribution in [2.45, 2.75) is 11.8 Å². The summed E-state index contributed by atoms with van der Waals surface area (Å²) in [5.41, 5.74) is -1.27. The third-order valence-corrected chi connectivity index (χ3v) is 3.74. The molecule has 1 aromatic rings. The molecule has 18 heavy (non-hydrogen) atoms. The van der Waals surface area contributed by atoms with E-state index in [9.17, 15) is 18.3 Å². The highest BCUT2D eigenvalue weighted by Crippen LogP contribution is 2.49. The lowest BCUT2D eigenvalue weighted by molar-refractivity contribution is -0.137. The Balaban J connectivity index is 1.96. The molecule has 1 aromatic carbocycles. The van der Waals surface area contributed by atoms with Gasteiger partial charge in [-0.15, -0.1) is 0 Å². The van der Waals surface area contributed by atoms with Crippen molar-refractivity contribution in [3.63, 3.8) is 0 Å². The van der Waals surface area contributed by atoms with Crippen molar-refractivity contribution < 1.29 is 18.3 Å². The Labute approximate surface area is 102 Å². The molecular formula is C14H11F3O. The van der Waals surface area contributed by atoms with E-state index in [1.165, 1.54) is 12.1 Å². The Morgan fingerprint density at radius 1 is 0.889 bits per heavy atom. The topological polar surface area (TPSA) is 20.2 Å². The van der Waals surface area contributed by atoms with Gasteiger partial charge in [0.25, 0.3) is 0 Å². The van der Waals surface area contributed by atoms with Crippen molar-refractivity contribution in [2.24, 2.45) is 11.8 Å². The van der Waals surface area contributed by atoms with Crippen LogP contribution in [0.2, 0.25) is 0 Å². The van der Waals surface area contributed by atoms with E-state index in [0.717, 1.165) is 12.1 Å². The van der Waals surface area contributed by atoms with Gasteiger partial charge in [-0.05, 0) is 17.7 Å². The van der Waals surface area contributed by atoms with E-state index in [-0.39, 0.29) is 11.8 Å². The molecule has 1 nitrogen and oxygen atoms in total. The Morgan fingerprint density at radius 3 is 1.72 bits per heavy atom. The number of hydrogen-bond acceptors (Lipinski definition) is 1. The summed E-state index contributed by atoms with van der Waals surface area (Å²) in [6, 6.07) is 4.77. The minimum Gasteiger partial charge on any atom is -0.383 e. The molecule has 0 fully saturated rings. The molecule has 0 atom stereocenters. The predicted octanol–water partition coefficient (Wildman–Crippen LogP) is 3.27. The summed E-state index contributed by atoms with van der Waals surface area (Å²) in [5, 5.41) is 10.6. The average Bonchev–Trinajstić information content (AvgIpc) is 2.83. The van der Waals surface area contributed by atoms with Crippen LogP contribution in [0, 0.1) is 11.8 Å². The first-order chi connectivity index (χ1) is 8.42. The van der Waals surface area contributed by atoms with E-state index in [4.69, 9.17) is 0 Å². The van der Waals surface area contributed by atoms with Gasteiger partial charge in [0.1, 0.15) is 5.60 Å².